The summed E-state index contributed by atoms with van der Waals surface area (Å²) >= 11 is 0. The van der Waals surface area contributed by atoms with Gasteiger partial charge in [0.1, 0.15) is 18.1 Å². The van der Waals surface area contributed by atoms with Gasteiger partial charge in [-0.05, 0) is 49.2 Å². The number of hydrogen-bond donors (Lipinski definition) is 1. The molecule has 29 heavy (non-hydrogen) atoms. The van der Waals surface area contributed by atoms with Gasteiger partial charge in [-0.2, -0.15) is 5.10 Å². The monoisotopic (exact) mass is 414 g/mol. The molecule has 2 heterocycles. The Bertz CT molecular complexity index is 967. The standard InChI is InChI=1S/C21H22N4O3.ClH/c1-27-20-9-6-16(13-23-20)25-19(12-18(24-25)21(26)15-2-3-15)14-4-7-17(8-5-14)28-11-10-22;/h4-9,12-13,15H,2-3,10-11,22H2,1H3;1H. The second kappa shape index (κ2) is 9.07. The van der Waals surface area contributed by atoms with Crippen molar-refractivity contribution in [3.8, 4) is 28.6 Å². The van der Waals surface area contributed by atoms with Gasteiger partial charge in [0.25, 0.3) is 0 Å². The Hall–Kier alpha value is -2.90. The highest BCUT2D eigenvalue weighted by atomic mass is 35.5. The van der Waals surface area contributed by atoms with Crippen LogP contribution >= 0.6 is 12.4 Å². The topological polar surface area (TPSA) is 92.3 Å². The molecule has 0 spiro atoms. The van der Waals surface area contributed by atoms with Gasteiger partial charge in [0, 0.05) is 24.1 Å². The third-order valence-corrected chi connectivity index (χ3v) is 4.62. The average molecular weight is 415 g/mol. The number of nitrogens with two attached hydrogens (primary N) is 1. The SMILES string of the molecule is COc1ccc(-n2nc(C(=O)C3CC3)cc2-c2ccc(OCCN)cc2)cn1.Cl. The summed E-state index contributed by atoms with van der Waals surface area (Å²) in [6.07, 6.45) is 3.57. The first kappa shape index (κ1) is 20.8. The third kappa shape index (κ3) is 4.58. The zero-order valence-corrected chi connectivity index (χ0v) is 16.9. The molecule has 2 N–H and O–H groups in total. The highest BCUT2D eigenvalue weighted by Gasteiger charge is 2.32. The van der Waals surface area contributed by atoms with E-state index in [1.807, 2.05) is 36.4 Å². The number of ether oxygens (including phenoxy) is 2. The summed E-state index contributed by atoms with van der Waals surface area (Å²) in [6, 6.07) is 13.2. The summed E-state index contributed by atoms with van der Waals surface area (Å²) in [5, 5.41) is 4.58. The number of methoxy groups -OCH3 is 1. The Balaban J connectivity index is 0.00000240. The molecule has 8 heteroatoms. The van der Waals surface area contributed by atoms with Crippen molar-refractivity contribution in [1.82, 2.24) is 14.8 Å². The molecule has 0 aliphatic heterocycles. The van der Waals surface area contributed by atoms with Crippen molar-refractivity contribution in [2.24, 2.45) is 11.7 Å². The van der Waals surface area contributed by atoms with Gasteiger partial charge in [0.05, 0.1) is 24.7 Å². The predicted octanol–water partition coefficient (Wildman–Crippen LogP) is 3.29. The molecular weight excluding hydrogens is 392 g/mol. The Kier molecular flexibility index (Phi) is 6.51. The number of rotatable bonds is 8. The quantitative estimate of drug-likeness (QED) is 0.568. The van der Waals surface area contributed by atoms with Crippen LogP contribution < -0.4 is 15.2 Å². The summed E-state index contributed by atoms with van der Waals surface area (Å²) in [4.78, 5) is 16.8. The second-order valence-electron chi connectivity index (χ2n) is 6.69. The molecule has 0 atom stereocenters. The average Bonchev–Trinajstić information content (AvgIpc) is 3.50. The lowest BCUT2D eigenvalue weighted by Gasteiger charge is -2.09. The van der Waals surface area contributed by atoms with Crippen molar-refractivity contribution < 1.29 is 14.3 Å². The lowest BCUT2D eigenvalue weighted by atomic mass is 10.1. The van der Waals surface area contributed by atoms with Gasteiger partial charge in [0.2, 0.25) is 5.88 Å². The molecule has 0 amide bonds. The number of halogens is 1. The van der Waals surface area contributed by atoms with Gasteiger partial charge < -0.3 is 15.2 Å². The molecule has 1 saturated carbocycles. The van der Waals surface area contributed by atoms with Crippen LogP contribution in [0.5, 0.6) is 11.6 Å². The minimum absolute atomic E-state index is 0. The van der Waals surface area contributed by atoms with Crippen LogP contribution in [0.2, 0.25) is 0 Å². The molecule has 0 saturated heterocycles. The van der Waals surface area contributed by atoms with Crippen LogP contribution in [0.4, 0.5) is 0 Å². The van der Waals surface area contributed by atoms with Crippen LogP contribution in [0.1, 0.15) is 23.3 Å². The smallest absolute Gasteiger partial charge is 0.213 e. The number of aromatic nitrogens is 3. The van der Waals surface area contributed by atoms with Gasteiger partial charge in [-0.3, -0.25) is 4.79 Å². The van der Waals surface area contributed by atoms with Crippen molar-refractivity contribution in [2.45, 2.75) is 12.8 Å². The van der Waals surface area contributed by atoms with Crippen molar-refractivity contribution in [2.75, 3.05) is 20.3 Å². The van der Waals surface area contributed by atoms with E-state index in [9.17, 15) is 4.79 Å². The fourth-order valence-electron chi connectivity index (χ4n) is 2.98. The van der Waals surface area contributed by atoms with E-state index < -0.39 is 0 Å². The summed E-state index contributed by atoms with van der Waals surface area (Å²) in [5.41, 5.74) is 8.47. The molecule has 1 aliphatic rings. The molecule has 0 bridgehead atoms. The first-order valence-corrected chi connectivity index (χ1v) is 9.27. The fraction of sp³-hybridized carbons (Fsp3) is 0.286. The number of carbonyl (C=O) groups excluding carboxylic acids is 1. The number of nitrogens with zero attached hydrogens (tertiary/aromatic N) is 3. The summed E-state index contributed by atoms with van der Waals surface area (Å²) in [7, 11) is 1.57. The number of carbonyl (C=O) groups is 1. The van der Waals surface area contributed by atoms with E-state index >= 15 is 0 Å². The van der Waals surface area contributed by atoms with E-state index in [0.717, 1.165) is 35.5 Å². The molecule has 0 unspecified atom stereocenters. The fourth-order valence-corrected chi connectivity index (χ4v) is 2.98. The van der Waals surface area contributed by atoms with Crippen LogP contribution in [0.25, 0.3) is 16.9 Å². The van der Waals surface area contributed by atoms with E-state index in [1.54, 1.807) is 24.1 Å². The largest absolute Gasteiger partial charge is 0.492 e. The first-order valence-electron chi connectivity index (χ1n) is 9.27. The molecule has 7 nitrogen and oxygen atoms in total. The molecule has 0 radical (unpaired) electrons. The first-order chi connectivity index (χ1) is 13.7. The molecule has 1 fully saturated rings. The zero-order chi connectivity index (χ0) is 19.5. The summed E-state index contributed by atoms with van der Waals surface area (Å²) in [6.45, 7) is 0.931. The normalized spacial score (nSPS) is 12.9. The highest BCUT2D eigenvalue weighted by molar-refractivity contribution is 5.98. The number of ketones is 1. The minimum atomic E-state index is 0. The molecule has 152 valence electrons. The van der Waals surface area contributed by atoms with Gasteiger partial charge >= 0.3 is 0 Å². The number of hydrogen-bond acceptors (Lipinski definition) is 6. The summed E-state index contributed by atoms with van der Waals surface area (Å²) < 4.78 is 12.4. The highest BCUT2D eigenvalue weighted by Crippen LogP contribution is 2.34. The molecule has 4 rings (SSSR count). The lowest BCUT2D eigenvalue weighted by Crippen LogP contribution is -2.10. The lowest BCUT2D eigenvalue weighted by molar-refractivity contribution is 0.0962. The Labute approximate surface area is 175 Å². The number of pyridine rings is 1. The maximum Gasteiger partial charge on any atom is 0.213 e. The van der Waals surface area contributed by atoms with E-state index in [1.165, 1.54) is 0 Å². The maximum absolute atomic E-state index is 12.6. The third-order valence-electron chi connectivity index (χ3n) is 4.62. The molecular formula is C21H23ClN4O3. The van der Waals surface area contributed by atoms with Crippen LogP contribution in [-0.4, -0.2) is 40.8 Å². The Morgan fingerprint density at radius 2 is 1.97 bits per heavy atom. The van der Waals surface area contributed by atoms with E-state index in [-0.39, 0.29) is 24.1 Å². The van der Waals surface area contributed by atoms with Gasteiger partial charge in [-0.15, -0.1) is 12.4 Å². The van der Waals surface area contributed by atoms with Crippen molar-refractivity contribution >= 4 is 18.2 Å². The van der Waals surface area contributed by atoms with E-state index in [0.29, 0.717) is 24.7 Å². The van der Waals surface area contributed by atoms with Crippen LogP contribution in [0.15, 0.2) is 48.7 Å². The van der Waals surface area contributed by atoms with Crippen LogP contribution in [0, 0.1) is 5.92 Å². The second-order valence-corrected chi connectivity index (χ2v) is 6.69. The van der Waals surface area contributed by atoms with Crippen molar-refractivity contribution in [3.05, 3.63) is 54.4 Å². The number of benzene rings is 1. The van der Waals surface area contributed by atoms with E-state index in [4.69, 9.17) is 15.2 Å². The van der Waals surface area contributed by atoms with Gasteiger partial charge in [-0.1, -0.05) is 0 Å². The molecule has 2 aromatic heterocycles. The van der Waals surface area contributed by atoms with Crippen molar-refractivity contribution in [1.29, 1.82) is 0 Å². The predicted molar refractivity (Wildman–Crippen MR) is 112 cm³/mol. The zero-order valence-electron chi connectivity index (χ0n) is 16.1. The Morgan fingerprint density at radius 1 is 1.21 bits per heavy atom. The number of Topliss-reactive ketones (excluding diaryl/α,β-unsaturated/α-hetero) is 1. The molecule has 1 aliphatic carbocycles. The summed E-state index contributed by atoms with van der Waals surface area (Å²) in [5.74, 6) is 1.48. The molecule has 1 aromatic carbocycles. The van der Waals surface area contributed by atoms with E-state index in [2.05, 4.69) is 10.1 Å². The van der Waals surface area contributed by atoms with Crippen LogP contribution in [0.3, 0.4) is 0 Å². The maximum atomic E-state index is 12.6. The van der Waals surface area contributed by atoms with Crippen molar-refractivity contribution in [3.63, 3.8) is 0 Å². The Morgan fingerprint density at radius 3 is 2.55 bits per heavy atom. The minimum Gasteiger partial charge on any atom is -0.492 e. The van der Waals surface area contributed by atoms with Gasteiger partial charge in [-0.25, -0.2) is 9.67 Å². The molecule has 3 aromatic rings. The van der Waals surface area contributed by atoms with Gasteiger partial charge in [0.15, 0.2) is 5.78 Å². The van der Waals surface area contributed by atoms with Crippen LogP contribution in [-0.2, 0) is 0 Å².